The molecule has 0 bridgehead atoms. The Morgan fingerprint density at radius 3 is 2.71 bits per heavy atom. The maximum atomic E-state index is 12.5. The summed E-state index contributed by atoms with van der Waals surface area (Å²) in [4.78, 5) is 40.5. The third-order valence-electron chi connectivity index (χ3n) is 5.27. The van der Waals surface area contributed by atoms with Crippen LogP contribution in [0.4, 0.5) is 5.69 Å². The van der Waals surface area contributed by atoms with Crippen LogP contribution in [0, 0.1) is 5.92 Å². The topological polar surface area (TPSA) is 79.0 Å². The normalized spacial score (nSPS) is 19.6. The third kappa shape index (κ3) is 4.76. The fourth-order valence-electron chi connectivity index (χ4n) is 3.73. The van der Waals surface area contributed by atoms with Crippen molar-refractivity contribution in [3.63, 3.8) is 0 Å². The highest BCUT2D eigenvalue weighted by Crippen LogP contribution is 2.35. The minimum Gasteiger partial charge on any atom is -0.495 e. The molecule has 1 N–H and O–H groups in total. The largest absolute Gasteiger partial charge is 0.495 e. The number of carbonyl (C=O) groups is 3. The summed E-state index contributed by atoms with van der Waals surface area (Å²) in [6, 6.07) is 5.05. The molecule has 0 radical (unpaired) electrons. The van der Waals surface area contributed by atoms with Gasteiger partial charge in [-0.15, -0.1) is 0 Å². The van der Waals surface area contributed by atoms with Gasteiger partial charge in [0.2, 0.25) is 17.7 Å². The van der Waals surface area contributed by atoms with Crippen molar-refractivity contribution in [1.82, 2.24) is 10.2 Å². The number of nitrogens with one attached hydrogen (secondary N) is 1. The van der Waals surface area contributed by atoms with Crippen LogP contribution >= 0.6 is 11.6 Å². The Kier molecular flexibility index (Phi) is 6.78. The van der Waals surface area contributed by atoms with E-state index in [0.29, 0.717) is 23.0 Å². The molecular formula is C20H26ClN3O4. The van der Waals surface area contributed by atoms with Gasteiger partial charge in [0.15, 0.2) is 0 Å². The summed E-state index contributed by atoms with van der Waals surface area (Å²) in [5, 5.41) is 3.30. The standard InChI is InChI=1S/C20H26ClN3O4/c1-28-17-6-5-15(21)12-16(17)24-13-14(11-19(24)26)20(27)22-8-7-18(25)23-9-3-2-4-10-23/h5-6,12,14H,2-4,7-11,13H2,1H3,(H,22,27). The maximum absolute atomic E-state index is 12.5. The van der Waals surface area contributed by atoms with Crippen molar-refractivity contribution in [3.05, 3.63) is 23.2 Å². The number of carbonyl (C=O) groups excluding carboxylic acids is 3. The average Bonchev–Trinajstić information content (AvgIpc) is 3.10. The predicted octanol–water partition coefficient (Wildman–Crippen LogP) is 2.22. The first-order valence-corrected chi connectivity index (χ1v) is 10.1. The molecule has 1 atom stereocenters. The lowest BCUT2D eigenvalue weighted by atomic mass is 10.1. The molecular weight excluding hydrogens is 382 g/mol. The second kappa shape index (κ2) is 9.28. The van der Waals surface area contributed by atoms with Crippen LogP contribution in [-0.4, -0.2) is 55.9 Å². The molecule has 0 aromatic heterocycles. The van der Waals surface area contributed by atoms with Crippen LogP contribution in [0.15, 0.2) is 18.2 Å². The number of nitrogens with zero attached hydrogens (tertiary/aromatic N) is 2. The number of hydrogen-bond donors (Lipinski definition) is 1. The lowest BCUT2D eigenvalue weighted by molar-refractivity contribution is -0.132. The van der Waals surface area contributed by atoms with Gasteiger partial charge in [-0.1, -0.05) is 11.6 Å². The van der Waals surface area contributed by atoms with E-state index in [1.807, 2.05) is 4.90 Å². The van der Waals surface area contributed by atoms with Gasteiger partial charge in [-0.05, 0) is 37.5 Å². The van der Waals surface area contributed by atoms with Gasteiger partial charge < -0.3 is 19.9 Å². The van der Waals surface area contributed by atoms with Crippen LogP contribution < -0.4 is 15.0 Å². The number of likely N-dealkylation sites (tertiary alicyclic amines) is 1. The number of hydrogen-bond acceptors (Lipinski definition) is 4. The van der Waals surface area contributed by atoms with Crippen molar-refractivity contribution in [2.75, 3.05) is 38.2 Å². The van der Waals surface area contributed by atoms with Crippen molar-refractivity contribution in [3.8, 4) is 5.75 Å². The number of ether oxygens (including phenoxy) is 1. The monoisotopic (exact) mass is 407 g/mol. The Bertz CT molecular complexity index is 749. The molecule has 2 aliphatic heterocycles. The average molecular weight is 408 g/mol. The summed E-state index contributed by atoms with van der Waals surface area (Å²) in [5.41, 5.74) is 0.565. The maximum Gasteiger partial charge on any atom is 0.227 e. The zero-order chi connectivity index (χ0) is 20.1. The third-order valence-corrected chi connectivity index (χ3v) is 5.51. The molecule has 7 nitrogen and oxygen atoms in total. The second-order valence-electron chi connectivity index (χ2n) is 7.20. The van der Waals surface area contributed by atoms with Gasteiger partial charge in [0.25, 0.3) is 0 Å². The molecule has 0 aliphatic carbocycles. The van der Waals surface area contributed by atoms with E-state index in [1.54, 1.807) is 18.2 Å². The molecule has 2 saturated heterocycles. The van der Waals surface area contributed by atoms with Crippen LogP contribution in [-0.2, 0) is 14.4 Å². The first-order valence-electron chi connectivity index (χ1n) is 9.69. The number of halogens is 1. The van der Waals surface area contributed by atoms with Crippen LogP contribution in [0.2, 0.25) is 5.02 Å². The van der Waals surface area contributed by atoms with E-state index in [-0.39, 0.29) is 37.1 Å². The summed E-state index contributed by atoms with van der Waals surface area (Å²) in [6.07, 6.45) is 3.68. The van der Waals surface area contributed by atoms with E-state index < -0.39 is 5.92 Å². The second-order valence-corrected chi connectivity index (χ2v) is 7.64. The molecule has 2 aliphatic rings. The van der Waals surface area contributed by atoms with Gasteiger partial charge in [0.05, 0.1) is 18.7 Å². The van der Waals surface area contributed by atoms with Crippen LogP contribution in [0.5, 0.6) is 5.75 Å². The smallest absolute Gasteiger partial charge is 0.227 e. The van der Waals surface area contributed by atoms with Crippen molar-refractivity contribution in [2.45, 2.75) is 32.1 Å². The van der Waals surface area contributed by atoms with E-state index in [4.69, 9.17) is 16.3 Å². The van der Waals surface area contributed by atoms with Gasteiger partial charge in [-0.3, -0.25) is 14.4 Å². The molecule has 3 amide bonds. The SMILES string of the molecule is COc1ccc(Cl)cc1N1CC(C(=O)NCCC(=O)N2CCCCC2)CC1=O. The molecule has 1 aromatic rings. The summed E-state index contributed by atoms with van der Waals surface area (Å²) in [7, 11) is 1.52. The Morgan fingerprint density at radius 2 is 2.00 bits per heavy atom. The van der Waals surface area contributed by atoms with Gasteiger partial charge >= 0.3 is 0 Å². The molecule has 8 heteroatoms. The minimum atomic E-state index is -0.457. The van der Waals surface area contributed by atoms with Crippen LogP contribution in [0.1, 0.15) is 32.1 Å². The lowest BCUT2D eigenvalue weighted by Gasteiger charge is -2.26. The highest BCUT2D eigenvalue weighted by molar-refractivity contribution is 6.31. The summed E-state index contributed by atoms with van der Waals surface area (Å²) in [6.45, 7) is 2.17. The summed E-state index contributed by atoms with van der Waals surface area (Å²) >= 11 is 6.05. The molecule has 0 spiro atoms. The van der Waals surface area contributed by atoms with E-state index in [0.717, 1.165) is 25.9 Å². The summed E-state index contributed by atoms with van der Waals surface area (Å²) in [5.74, 6) is -0.201. The first kappa shape index (κ1) is 20.5. The number of benzene rings is 1. The Hall–Kier alpha value is -2.28. The number of amides is 3. The fraction of sp³-hybridized carbons (Fsp3) is 0.550. The molecule has 1 unspecified atom stereocenters. The van der Waals surface area contributed by atoms with E-state index >= 15 is 0 Å². The zero-order valence-electron chi connectivity index (χ0n) is 16.1. The number of anilines is 1. The van der Waals surface area contributed by atoms with Crippen molar-refractivity contribution < 1.29 is 19.1 Å². The van der Waals surface area contributed by atoms with E-state index in [1.165, 1.54) is 18.4 Å². The van der Waals surface area contributed by atoms with Gasteiger partial charge in [0.1, 0.15) is 5.75 Å². The number of piperidine rings is 1. The Balaban J connectivity index is 1.52. The number of methoxy groups -OCH3 is 1. The quantitative estimate of drug-likeness (QED) is 0.784. The Morgan fingerprint density at radius 1 is 1.25 bits per heavy atom. The lowest BCUT2D eigenvalue weighted by Crippen LogP contribution is -2.39. The predicted molar refractivity (Wildman–Crippen MR) is 107 cm³/mol. The Labute approximate surface area is 169 Å². The molecule has 28 heavy (non-hydrogen) atoms. The first-order chi connectivity index (χ1) is 13.5. The van der Waals surface area contributed by atoms with Crippen LogP contribution in [0.25, 0.3) is 0 Å². The minimum absolute atomic E-state index is 0.0767. The van der Waals surface area contributed by atoms with Crippen molar-refractivity contribution in [2.24, 2.45) is 5.92 Å². The molecule has 152 valence electrons. The molecule has 2 fully saturated rings. The van der Waals surface area contributed by atoms with Crippen molar-refractivity contribution >= 4 is 35.0 Å². The summed E-state index contributed by atoms with van der Waals surface area (Å²) < 4.78 is 5.31. The molecule has 1 aromatic carbocycles. The number of rotatable bonds is 6. The van der Waals surface area contributed by atoms with Gasteiger partial charge in [-0.2, -0.15) is 0 Å². The highest BCUT2D eigenvalue weighted by Gasteiger charge is 2.36. The van der Waals surface area contributed by atoms with Gasteiger partial charge in [0, 0.05) is 44.0 Å². The molecule has 0 saturated carbocycles. The van der Waals surface area contributed by atoms with Crippen molar-refractivity contribution in [1.29, 1.82) is 0 Å². The van der Waals surface area contributed by atoms with Crippen LogP contribution in [0.3, 0.4) is 0 Å². The van der Waals surface area contributed by atoms with E-state index in [9.17, 15) is 14.4 Å². The fourth-order valence-corrected chi connectivity index (χ4v) is 3.89. The zero-order valence-corrected chi connectivity index (χ0v) is 16.8. The molecule has 2 heterocycles. The van der Waals surface area contributed by atoms with E-state index in [2.05, 4.69) is 5.32 Å². The molecule has 3 rings (SSSR count). The van der Waals surface area contributed by atoms with Gasteiger partial charge in [-0.25, -0.2) is 0 Å². The highest BCUT2D eigenvalue weighted by atomic mass is 35.5.